The van der Waals surface area contributed by atoms with Crippen LogP contribution in [0.4, 0.5) is 13.2 Å². The van der Waals surface area contributed by atoms with Crippen molar-refractivity contribution in [2.75, 3.05) is 19.6 Å². The maximum absolute atomic E-state index is 12.9. The van der Waals surface area contributed by atoms with E-state index in [1.807, 2.05) is 4.90 Å². The van der Waals surface area contributed by atoms with Crippen molar-refractivity contribution in [1.29, 1.82) is 0 Å². The Balaban J connectivity index is 1.92. The summed E-state index contributed by atoms with van der Waals surface area (Å²) < 4.78 is 38.8. The first kappa shape index (κ1) is 12.2. The molecule has 1 aliphatic carbocycles. The van der Waals surface area contributed by atoms with Crippen LogP contribution in [0.15, 0.2) is 0 Å². The van der Waals surface area contributed by atoms with E-state index in [2.05, 4.69) is 6.92 Å². The van der Waals surface area contributed by atoms with Crippen LogP contribution in [0.5, 0.6) is 0 Å². The summed E-state index contributed by atoms with van der Waals surface area (Å²) >= 11 is 0. The summed E-state index contributed by atoms with van der Waals surface area (Å²) in [6.45, 7) is 5.74. The Morgan fingerprint density at radius 1 is 1.19 bits per heavy atom. The summed E-state index contributed by atoms with van der Waals surface area (Å²) in [5.41, 5.74) is -1.39. The van der Waals surface area contributed by atoms with Crippen LogP contribution in [0.25, 0.3) is 0 Å². The third-order valence-corrected chi connectivity index (χ3v) is 4.15. The van der Waals surface area contributed by atoms with Crippen molar-refractivity contribution >= 4 is 0 Å². The first-order valence-electron chi connectivity index (χ1n) is 6.05. The average Bonchev–Trinajstić information content (AvgIpc) is 2.12. The first-order valence-corrected chi connectivity index (χ1v) is 6.05. The molecule has 0 aromatic rings. The van der Waals surface area contributed by atoms with Crippen molar-refractivity contribution < 1.29 is 13.2 Å². The van der Waals surface area contributed by atoms with Crippen molar-refractivity contribution in [3.05, 3.63) is 6.92 Å². The number of nitrogens with zero attached hydrogens (tertiary/aromatic N) is 1. The summed E-state index contributed by atoms with van der Waals surface area (Å²) in [5.74, 6) is 0.430. The van der Waals surface area contributed by atoms with Gasteiger partial charge in [-0.3, -0.25) is 0 Å². The van der Waals surface area contributed by atoms with Crippen LogP contribution in [0.1, 0.15) is 32.1 Å². The van der Waals surface area contributed by atoms with Crippen molar-refractivity contribution in [3.63, 3.8) is 0 Å². The quantitative estimate of drug-likeness (QED) is 0.708. The van der Waals surface area contributed by atoms with Crippen LogP contribution in [-0.2, 0) is 0 Å². The zero-order valence-corrected chi connectivity index (χ0v) is 9.52. The standard InChI is InChI=1S/C12H19F3N/c1-10-3-7-16(8-4-10)9-11(5-2-6-11)12(13,14)15/h10H,1-9H2. The molecule has 1 saturated heterocycles. The predicted octanol–water partition coefficient (Wildman–Crippen LogP) is 3.27. The zero-order chi connectivity index (χ0) is 11.8. The van der Waals surface area contributed by atoms with E-state index in [0.717, 1.165) is 32.4 Å². The van der Waals surface area contributed by atoms with Gasteiger partial charge in [-0.1, -0.05) is 13.3 Å². The Hall–Kier alpha value is -0.250. The minimum atomic E-state index is -4.02. The second-order valence-electron chi connectivity index (χ2n) is 5.35. The van der Waals surface area contributed by atoms with Gasteiger partial charge < -0.3 is 4.90 Å². The summed E-state index contributed by atoms with van der Waals surface area (Å²) in [4.78, 5) is 1.98. The minimum absolute atomic E-state index is 0.212. The molecule has 0 amide bonds. The van der Waals surface area contributed by atoms with Crippen molar-refractivity contribution in [2.45, 2.75) is 38.3 Å². The van der Waals surface area contributed by atoms with Crippen LogP contribution < -0.4 is 0 Å². The molecule has 0 aromatic carbocycles. The third kappa shape index (κ3) is 2.22. The highest BCUT2D eigenvalue weighted by Crippen LogP contribution is 2.53. The van der Waals surface area contributed by atoms with E-state index < -0.39 is 11.6 Å². The van der Waals surface area contributed by atoms with Crippen LogP contribution in [0.2, 0.25) is 0 Å². The molecule has 2 aliphatic rings. The van der Waals surface area contributed by atoms with Gasteiger partial charge in [-0.2, -0.15) is 13.2 Å². The van der Waals surface area contributed by atoms with Gasteiger partial charge in [-0.05, 0) is 44.7 Å². The third-order valence-electron chi connectivity index (χ3n) is 4.15. The molecule has 1 heterocycles. The maximum atomic E-state index is 12.9. The molecule has 0 aromatic heterocycles. The summed E-state index contributed by atoms with van der Waals surface area (Å²) in [6, 6.07) is 0. The first-order chi connectivity index (χ1) is 7.43. The molecule has 2 fully saturated rings. The fraction of sp³-hybridized carbons (Fsp3) is 0.917. The van der Waals surface area contributed by atoms with Gasteiger partial charge in [0.15, 0.2) is 0 Å². The van der Waals surface area contributed by atoms with Crippen molar-refractivity contribution in [1.82, 2.24) is 4.90 Å². The largest absolute Gasteiger partial charge is 0.395 e. The van der Waals surface area contributed by atoms with Crippen LogP contribution in [0.3, 0.4) is 0 Å². The Morgan fingerprint density at radius 2 is 1.75 bits per heavy atom. The Bertz CT molecular complexity index is 237. The molecule has 0 spiro atoms. The number of piperidine rings is 1. The summed E-state index contributed by atoms with van der Waals surface area (Å²) in [5, 5.41) is 0. The van der Waals surface area contributed by atoms with Gasteiger partial charge in [0.2, 0.25) is 0 Å². The number of likely N-dealkylation sites (tertiary alicyclic amines) is 1. The number of rotatable bonds is 2. The molecule has 1 radical (unpaired) electrons. The fourth-order valence-corrected chi connectivity index (χ4v) is 2.71. The molecule has 0 N–H and O–H groups in total. The van der Waals surface area contributed by atoms with Crippen molar-refractivity contribution in [2.24, 2.45) is 11.3 Å². The van der Waals surface area contributed by atoms with E-state index in [0.29, 0.717) is 18.8 Å². The van der Waals surface area contributed by atoms with E-state index in [9.17, 15) is 13.2 Å². The lowest BCUT2D eigenvalue weighted by Crippen LogP contribution is -2.53. The molecule has 93 valence electrons. The molecule has 0 unspecified atom stereocenters. The van der Waals surface area contributed by atoms with Gasteiger partial charge in [0.05, 0.1) is 5.41 Å². The lowest BCUT2D eigenvalue weighted by atomic mass is 9.67. The lowest BCUT2D eigenvalue weighted by molar-refractivity contribution is -0.256. The lowest BCUT2D eigenvalue weighted by Gasteiger charge is -2.47. The topological polar surface area (TPSA) is 3.24 Å². The van der Waals surface area contributed by atoms with E-state index >= 15 is 0 Å². The monoisotopic (exact) mass is 234 g/mol. The molecule has 1 aliphatic heterocycles. The average molecular weight is 234 g/mol. The molecule has 2 rings (SSSR count). The molecule has 1 nitrogen and oxygen atoms in total. The van der Waals surface area contributed by atoms with Gasteiger partial charge in [-0.25, -0.2) is 0 Å². The minimum Gasteiger partial charge on any atom is -0.302 e. The number of hydrogen-bond donors (Lipinski definition) is 0. The zero-order valence-electron chi connectivity index (χ0n) is 9.52. The SMILES string of the molecule is [CH2]C1CCN(CC2(C(F)(F)F)CCC2)CC1. The second-order valence-corrected chi connectivity index (χ2v) is 5.35. The molecule has 16 heavy (non-hydrogen) atoms. The van der Waals surface area contributed by atoms with Gasteiger partial charge in [0, 0.05) is 6.54 Å². The van der Waals surface area contributed by atoms with Crippen LogP contribution in [-0.4, -0.2) is 30.7 Å². The number of alkyl halides is 3. The van der Waals surface area contributed by atoms with Crippen LogP contribution in [0, 0.1) is 18.3 Å². The molecular weight excluding hydrogens is 215 g/mol. The maximum Gasteiger partial charge on any atom is 0.395 e. The van der Waals surface area contributed by atoms with E-state index in [1.165, 1.54) is 0 Å². The van der Waals surface area contributed by atoms with E-state index in [4.69, 9.17) is 0 Å². The van der Waals surface area contributed by atoms with E-state index in [-0.39, 0.29) is 6.54 Å². The molecule has 4 heteroatoms. The van der Waals surface area contributed by atoms with Gasteiger partial charge >= 0.3 is 6.18 Å². The smallest absolute Gasteiger partial charge is 0.302 e. The highest BCUT2D eigenvalue weighted by atomic mass is 19.4. The highest BCUT2D eigenvalue weighted by Gasteiger charge is 2.58. The summed E-state index contributed by atoms with van der Waals surface area (Å²) in [6.07, 6.45) is -0.776. The number of halogens is 3. The summed E-state index contributed by atoms with van der Waals surface area (Å²) in [7, 11) is 0. The molecular formula is C12H19F3N. The van der Waals surface area contributed by atoms with Gasteiger partial charge in [0.1, 0.15) is 0 Å². The predicted molar refractivity (Wildman–Crippen MR) is 56.9 cm³/mol. The van der Waals surface area contributed by atoms with Crippen LogP contribution >= 0.6 is 0 Å². The second kappa shape index (κ2) is 4.21. The van der Waals surface area contributed by atoms with Crippen molar-refractivity contribution in [3.8, 4) is 0 Å². The Morgan fingerprint density at radius 3 is 2.12 bits per heavy atom. The Kier molecular flexibility index (Phi) is 3.21. The van der Waals surface area contributed by atoms with Gasteiger partial charge in [0.25, 0.3) is 0 Å². The normalized spacial score (nSPS) is 27.8. The Labute approximate surface area is 95.0 Å². The molecule has 0 bridgehead atoms. The van der Waals surface area contributed by atoms with E-state index in [1.54, 1.807) is 0 Å². The van der Waals surface area contributed by atoms with Gasteiger partial charge in [-0.15, -0.1) is 0 Å². The highest BCUT2D eigenvalue weighted by molar-refractivity contribution is 4.96. The fourth-order valence-electron chi connectivity index (χ4n) is 2.71. The molecule has 0 atom stereocenters. The molecule has 1 saturated carbocycles. The number of hydrogen-bond acceptors (Lipinski definition) is 1.